The van der Waals surface area contributed by atoms with Gasteiger partial charge in [0.15, 0.2) is 0 Å². The van der Waals surface area contributed by atoms with Crippen molar-refractivity contribution in [3.05, 3.63) is 76.3 Å². The third-order valence-corrected chi connectivity index (χ3v) is 4.75. The Labute approximate surface area is 154 Å². The van der Waals surface area contributed by atoms with Crippen LogP contribution in [0.2, 0.25) is 5.02 Å². The Balaban J connectivity index is 1.53. The van der Waals surface area contributed by atoms with Gasteiger partial charge in [-0.1, -0.05) is 54.1 Å². The Hall–Kier alpha value is -2.10. The molecule has 0 atom stereocenters. The van der Waals surface area contributed by atoms with Crippen LogP contribution in [0, 0.1) is 0 Å². The van der Waals surface area contributed by atoms with Crippen LogP contribution < -0.4 is 0 Å². The molecule has 130 valence electrons. The van der Waals surface area contributed by atoms with Crippen LogP contribution in [0.5, 0.6) is 0 Å². The topological polar surface area (TPSA) is 23.6 Å². The number of hydrogen-bond acceptors (Lipinski definition) is 2. The predicted octanol–water partition coefficient (Wildman–Crippen LogP) is 4.09. The van der Waals surface area contributed by atoms with Crippen LogP contribution >= 0.6 is 11.6 Å². The summed E-state index contributed by atoms with van der Waals surface area (Å²) in [7, 11) is 0. The first-order valence-corrected chi connectivity index (χ1v) is 8.99. The highest BCUT2D eigenvalue weighted by atomic mass is 35.5. The molecule has 0 N–H and O–H groups in total. The van der Waals surface area contributed by atoms with Crippen LogP contribution in [-0.4, -0.2) is 41.9 Å². The summed E-state index contributed by atoms with van der Waals surface area (Å²) >= 11 is 5.93. The van der Waals surface area contributed by atoms with Crippen molar-refractivity contribution in [3.8, 4) is 0 Å². The van der Waals surface area contributed by atoms with Crippen LogP contribution in [0.4, 0.5) is 0 Å². The van der Waals surface area contributed by atoms with E-state index in [1.807, 2.05) is 60.4 Å². The standard InChI is InChI=1S/C21H23ClN2O/c1-17(15-18-5-3-2-4-6-18)21(25)24-13-11-23(12-14-24)16-19-7-9-20(22)10-8-19/h2-10,15H,11-14,16H2,1H3/b17-15+. The summed E-state index contributed by atoms with van der Waals surface area (Å²) in [5.41, 5.74) is 3.11. The second-order valence-corrected chi connectivity index (χ2v) is 6.87. The fourth-order valence-electron chi connectivity index (χ4n) is 3.07. The molecule has 1 heterocycles. The van der Waals surface area contributed by atoms with Crippen molar-refractivity contribution in [2.75, 3.05) is 26.2 Å². The predicted molar refractivity (Wildman–Crippen MR) is 103 cm³/mol. The molecular formula is C21H23ClN2O. The van der Waals surface area contributed by atoms with Crippen molar-refractivity contribution in [2.24, 2.45) is 0 Å². The first kappa shape index (κ1) is 17.7. The van der Waals surface area contributed by atoms with Gasteiger partial charge in [0.2, 0.25) is 5.91 Å². The van der Waals surface area contributed by atoms with Gasteiger partial charge in [0.05, 0.1) is 0 Å². The normalized spacial score (nSPS) is 16.1. The van der Waals surface area contributed by atoms with Crippen molar-refractivity contribution >= 4 is 23.6 Å². The Morgan fingerprint density at radius 1 is 1.00 bits per heavy atom. The van der Waals surface area contributed by atoms with Gasteiger partial charge >= 0.3 is 0 Å². The molecule has 1 aliphatic rings. The van der Waals surface area contributed by atoms with Gasteiger partial charge < -0.3 is 4.90 Å². The molecule has 1 amide bonds. The van der Waals surface area contributed by atoms with Crippen LogP contribution in [0.25, 0.3) is 6.08 Å². The number of rotatable bonds is 4. The second-order valence-electron chi connectivity index (χ2n) is 6.43. The molecule has 2 aromatic carbocycles. The van der Waals surface area contributed by atoms with Gasteiger partial charge in [0, 0.05) is 43.3 Å². The van der Waals surface area contributed by atoms with E-state index in [9.17, 15) is 4.79 Å². The lowest BCUT2D eigenvalue weighted by Crippen LogP contribution is -2.48. The zero-order valence-corrected chi connectivity index (χ0v) is 15.2. The SMILES string of the molecule is C/C(=C\c1ccccc1)C(=O)N1CCN(Cc2ccc(Cl)cc2)CC1. The summed E-state index contributed by atoms with van der Waals surface area (Å²) in [5.74, 6) is 0.134. The van der Waals surface area contributed by atoms with Crippen molar-refractivity contribution in [2.45, 2.75) is 13.5 Å². The highest BCUT2D eigenvalue weighted by Gasteiger charge is 2.21. The lowest BCUT2D eigenvalue weighted by Gasteiger charge is -2.35. The zero-order chi connectivity index (χ0) is 17.6. The number of piperazine rings is 1. The minimum atomic E-state index is 0.134. The van der Waals surface area contributed by atoms with Crippen molar-refractivity contribution < 1.29 is 4.79 Å². The molecule has 0 saturated carbocycles. The Bertz CT molecular complexity index is 732. The third kappa shape index (κ3) is 4.94. The Morgan fingerprint density at radius 3 is 2.28 bits per heavy atom. The number of carbonyl (C=O) groups excluding carboxylic acids is 1. The van der Waals surface area contributed by atoms with E-state index >= 15 is 0 Å². The monoisotopic (exact) mass is 354 g/mol. The summed E-state index contributed by atoms with van der Waals surface area (Å²) in [6.45, 7) is 6.13. The van der Waals surface area contributed by atoms with Gasteiger partial charge in [0.1, 0.15) is 0 Å². The molecule has 1 aliphatic heterocycles. The minimum Gasteiger partial charge on any atom is -0.336 e. The van der Waals surface area contributed by atoms with Gasteiger partial charge in [-0.2, -0.15) is 0 Å². The summed E-state index contributed by atoms with van der Waals surface area (Å²) in [5, 5.41) is 0.764. The van der Waals surface area contributed by atoms with E-state index in [-0.39, 0.29) is 5.91 Å². The summed E-state index contributed by atoms with van der Waals surface area (Å²) in [4.78, 5) is 17.0. The number of carbonyl (C=O) groups is 1. The van der Waals surface area contributed by atoms with E-state index in [0.29, 0.717) is 0 Å². The van der Waals surface area contributed by atoms with Gasteiger partial charge in [0.25, 0.3) is 0 Å². The molecule has 0 radical (unpaired) electrons. The molecule has 3 nitrogen and oxygen atoms in total. The average molecular weight is 355 g/mol. The Morgan fingerprint density at radius 2 is 1.64 bits per heavy atom. The molecule has 25 heavy (non-hydrogen) atoms. The van der Waals surface area contributed by atoms with E-state index in [1.54, 1.807) is 0 Å². The fourth-order valence-corrected chi connectivity index (χ4v) is 3.19. The van der Waals surface area contributed by atoms with E-state index in [1.165, 1.54) is 5.56 Å². The van der Waals surface area contributed by atoms with E-state index in [0.717, 1.165) is 48.9 Å². The lowest BCUT2D eigenvalue weighted by molar-refractivity contribution is -0.128. The first-order chi connectivity index (χ1) is 12.1. The van der Waals surface area contributed by atoms with Gasteiger partial charge in [-0.15, -0.1) is 0 Å². The van der Waals surface area contributed by atoms with Gasteiger partial charge in [-0.3, -0.25) is 9.69 Å². The summed E-state index contributed by atoms with van der Waals surface area (Å²) < 4.78 is 0. The number of amides is 1. The van der Waals surface area contributed by atoms with E-state index in [2.05, 4.69) is 17.0 Å². The second kappa shape index (κ2) is 8.32. The van der Waals surface area contributed by atoms with Crippen LogP contribution in [0.3, 0.4) is 0 Å². The maximum absolute atomic E-state index is 12.6. The minimum absolute atomic E-state index is 0.134. The fraction of sp³-hybridized carbons (Fsp3) is 0.286. The smallest absolute Gasteiger partial charge is 0.249 e. The average Bonchev–Trinajstić information content (AvgIpc) is 2.64. The lowest BCUT2D eigenvalue weighted by atomic mass is 10.1. The Kier molecular flexibility index (Phi) is 5.90. The van der Waals surface area contributed by atoms with Crippen LogP contribution in [0.15, 0.2) is 60.2 Å². The molecule has 0 spiro atoms. The number of nitrogens with zero attached hydrogens (tertiary/aromatic N) is 2. The van der Waals surface area contributed by atoms with Crippen molar-refractivity contribution in [1.82, 2.24) is 9.80 Å². The highest BCUT2D eigenvalue weighted by molar-refractivity contribution is 6.30. The maximum Gasteiger partial charge on any atom is 0.249 e. The molecule has 0 bridgehead atoms. The third-order valence-electron chi connectivity index (χ3n) is 4.50. The first-order valence-electron chi connectivity index (χ1n) is 8.61. The largest absolute Gasteiger partial charge is 0.336 e. The van der Waals surface area contributed by atoms with Crippen molar-refractivity contribution in [3.63, 3.8) is 0 Å². The molecule has 1 fully saturated rings. The van der Waals surface area contributed by atoms with Gasteiger partial charge in [-0.05, 0) is 36.3 Å². The molecular weight excluding hydrogens is 332 g/mol. The molecule has 4 heteroatoms. The molecule has 0 aromatic heterocycles. The number of hydrogen-bond donors (Lipinski definition) is 0. The van der Waals surface area contributed by atoms with Gasteiger partial charge in [-0.25, -0.2) is 0 Å². The van der Waals surface area contributed by atoms with Crippen molar-refractivity contribution in [1.29, 1.82) is 0 Å². The van der Waals surface area contributed by atoms with E-state index < -0.39 is 0 Å². The molecule has 0 aliphatic carbocycles. The summed E-state index contributed by atoms with van der Waals surface area (Å²) in [6, 6.07) is 18.0. The van der Waals surface area contributed by atoms with Crippen LogP contribution in [-0.2, 0) is 11.3 Å². The molecule has 1 saturated heterocycles. The summed E-state index contributed by atoms with van der Waals surface area (Å²) in [6.07, 6.45) is 1.96. The number of halogens is 1. The zero-order valence-electron chi connectivity index (χ0n) is 14.5. The highest BCUT2D eigenvalue weighted by Crippen LogP contribution is 2.15. The quantitative estimate of drug-likeness (QED) is 0.772. The number of benzene rings is 2. The molecule has 0 unspecified atom stereocenters. The van der Waals surface area contributed by atoms with Crippen LogP contribution in [0.1, 0.15) is 18.1 Å². The van der Waals surface area contributed by atoms with E-state index in [4.69, 9.17) is 11.6 Å². The molecule has 2 aromatic rings. The molecule has 3 rings (SSSR count). The maximum atomic E-state index is 12.6.